The number of carbonyl (C=O) groups is 1. The van der Waals surface area contributed by atoms with Gasteiger partial charge in [0.25, 0.3) is 5.91 Å². The molecule has 21 heavy (non-hydrogen) atoms. The fraction of sp³-hybridized carbons (Fsp3) is 0.562. The summed E-state index contributed by atoms with van der Waals surface area (Å²) in [6, 6.07) is 7.63. The first-order chi connectivity index (χ1) is 9.99. The minimum atomic E-state index is -0.102. The van der Waals surface area contributed by atoms with Crippen molar-refractivity contribution < 1.29 is 9.53 Å². The third-order valence-electron chi connectivity index (χ3n) is 3.37. The van der Waals surface area contributed by atoms with Crippen molar-refractivity contribution in [2.45, 2.75) is 32.7 Å². The van der Waals surface area contributed by atoms with Crippen LogP contribution < -0.4 is 15.8 Å². The van der Waals surface area contributed by atoms with Gasteiger partial charge in [0, 0.05) is 24.3 Å². The Morgan fingerprint density at radius 2 is 2.14 bits per heavy atom. The maximum absolute atomic E-state index is 11.6. The van der Waals surface area contributed by atoms with Gasteiger partial charge in [-0.05, 0) is 52.4 Å². The summed E-state index contributed by atoms with van der Waals surface area (Å²) in [4.78, 5) is 13.9. The van der Waals surface area contributed by atoms with Gasteiger partial charge in [-0.2, -0.15) is 0 Å². The molecule has 0 fully saturated rings. The maximum Gasteiger partial charge on any atom is 0.257 e. The Balaban J connectivity index is 2.09. The van der Waals surface area contributed by atoms with Crippen LogP contribution >= 0.6 is 0 Å². The normalized spacial score (nSPS) is 10.9. The van der Waals surface area contributed by atoms with E-state index in [-0.39, 0.29) is 12.5 Å². The predicted molar refractivity (Wildman–Crippen MR) is 86.4 cm³/mol. The lowest BCUT2D eigenvalue weighted by atomic mass is 10.2. The Hall–Kier alpha value is -1.75. The number of amides is 1. The molecule has 1 aromatic carbocycles. The number of nitrogens with zero attached hydrogens (tertiary/aromatic N) is 1. The summed E-state index contributed by atoms with van der Waals surface area (Å²) in [7, 11) is 2.11. The number of nitrogens with one attached hydrogen (secondary N) is 1. The lowest BCUT2D eigenvalue weighted by Crippen LogP contribution is -2.31. The molecule has 0 aliphatic rings. The fourth-order valence-electron chi connectivity index (χ4n) is 1.78. The van der Waals surface area contributed by atoms with E-state index >= 15 is 0 Å². The van der Waals surface area contributed by atoms with E-state index in [4.69, 9.17) is 10.5 Å². The Bertz CT molecular complexity index is 435. The number of hydrogen-bond acceptors (Lipinski definition) is 4. The maximum atomic E-state index is 11.6. The summed E-state index contributed by atoms with van der Waals surface area (Å²) < 4.78 is 5.38. The molecule has 0 atom stereocenters. The summed E-state index contributed by atoms with van der Waals surface area (Å²) in [6.07, 6.45) is 2.05. The molecule has 0 aromatic heterocycles. The van der Waals surface area contributed by atoms with Crippen LogP contribution in [0.3, 0.4) is 0 Å². The molecule has 0 aliphatic heterocycles. The number of benzene rings is 1. The van der Waals surface area contributed by atoms with Gasteiger partial charge in [-0.3, -0.25) is 4.79 Å². The molecular formula is C16H27N3O2. The molecule has 1 aromatic rings. The molecule has 1 rings (SSSR count). The quantitative estimate of drug-likeness (QED) is 0.539. The zero-order valence-corrected chi connectivity index (χ0v) is 13.3. The van der Waals surface area contributed by atoms with Gasteiger partial charge in [-0.25, -0.2) is 0 Å². The van der Waals surface area contributed by atoms with Crippen molar-refractivity contribution in [3.05, 3.63) is 24.3 Å². The summed E-state index contributed by atoms with van der Waals surface area (Å²) in [5, 5.41) is 2.86. The molecule has 0 heterocycles. The third kappa shape index (κ3) is 7.56. The molecule has 0 saturated heterocycles. The Labute approximate surface area is 127 Å². The Kier molecular flexibility index (Phi) is 7.61. The van der Waals surface area contributed by atoms with Crippen molar-refractivity contribution in [1.82, 2.24) is 10.2 Å². The molecule has 0 radical (unpaired) electrons. The summed E-state index contributed by atoms with van der Waals surface area (Å²) in [6.45, 7) is 6.11. The summed E-state index contributed by atoms with van der Waals surface area (Å²) in [5.41, 5.74) is 6.27. The van der Waals surface area contributed by atoms with Gasteiger partial charge >= 0.3 is 0 Å². The fourth-order valence-corrected chi connectivity index (χ4v) is 1.78. The van der Waals surface area contributed by atoms with E-state index in [9.17, 15) is 4.79 Å². The van der Waals surface area contributed by atoms with Gasteiger partial charge in [0.05, 0.1) is 0 Å². The Morgan fingerprint density at radius 1 is 1.38 bits per heavy atom. The van der Waals surface area contributed by atoms with Gasteiger partial charge in [-0.15, -0.1) is 0 Å². The minimum absolute atomic E-state index is 0.0232. The van der Waals surface area contributed by atoms with Crippen molar-refractivity contribution in [1.29, 1.82) is 0 Å². The van der Waals surface area contributed by atoms with E-state index < -0.39 is 0 Å². The molecule has 0 bridgehead atoms. The van der Waals surface area contributed by atoms with Crippen LogP contribution in [-0.2, 0) is 4.79 Å². The molecule has 0 unspecified atom stereocenters. The van der Waals surface area contributed by atoms with Gasteiger partial charge in [0.15, 0.2) is 6.61 Å². The topological polar surface area (TPSA) is 67.6 Å². The second-order valence-electron chi connectivity index (χ2n) is 5.49. The van der Waals surface area contributed by atoms with Crippen LogP contribution in [0.25, 0.3) is 0 Å². The number of ether oxygens (including phenoxy) is 1. The highest BCUT2D eigenvalue weighted by atomic mass is 16.5. The van der Waals surface area contributed by atoms with Crippen molar-refractivity contribution >= 4 is 11.6 Å². The van der Waals surface area contributed by atoms with Crippen LogP contribution in [0.2, 0.25) is 0 Å². The average molecular weight is 293 g/mol. The second kappa shape index (κ2) is 9.23. The third-order valence-corrected chi connectivity index (χ3v) is 3.37. The molecule has 0 aliphatic carbocycles. The van der Waals surface area contributed by atoms with Gasteiger partial charge in [0.2, 0.25) is 0 Å². The number of anilines is 1. The molecule has 5 nitrogen and oxygen atoms in total. The van der Waals surface area contributed by atoms with Crippen LogP contribution in [0.5, 0.6) is 5.75 Å². The standard InChI is InChI=1S/C16H27N3O2/c1-13(2)19(3)10-5-4-9-18-16(20)12-21-15-8-6-7-14(17)11-15/h6-8,11,13H,4-5,9-10,12,17H2,1-3H3,(H,18,20). The van der Waals surface area contributed by atoms with Crippen LogP contribution in [0.4, 0.5) is 5.69 Å². The van der Waals surface area contributed by atoms with E-state index in [1.54, 1.807) is 24.3 Å². The molecule has 0 spiro atoms. The first-order valence-electron chi connectivity index (χ1n) is 7.44. The van der Waals surface area contributed by atoms with E-state index in [0.29, 0.717) is 24.0 Å². The van der Waals surface area contributed by atoms with Crippen LogP contribution in [0, 0.1) is 0 Å². The molecule has 0 saturated carbocycles. The SMILES string of the molecule is CC(C)N(C)CCCCNC(=O)COc1cccc(N)c1. The van der Waals surface area contributed by atoms with E-state index in [1.807, 2.05) is 0 Å². The molecule has 1 amide bonds. The number of nitrogen functional groups attached to an aromatic ring is 1. The van der Waals surface area contributed by atoms with Crippen molar-refractivity contribution in [2.24, 2.45) is 0 Å². The highest BCUT2D eigenvalue weighted by Crippen LogP contribution is 2.13. The largest absolute Gasteiger partial charge is 0.484 e. The first kappa shape index (κ1) is 17.3. The second-order valence-corrected chi connectivity index (χ2v) is 5.49. The van der Waals surface area contributed by atoms with Crippen LogP contribution in [0.1, 0.15) is 26.7 Å². The summed E-state index contributed by atoms with van der Waals surface area (Å²) >= 11 is 0. The van der Waals surface area contributed by atoms with E-state index in [2.05, 4.69) is 31.1 Å². The number of unbranched alkanes of at least 4 members (excludes halogenated alkanes) is 1. The number of rotatable bonds is 9. The molecule has 118 valence electrons. The zero-order chi connectivity index (χ0) is 15.7. The smallest absolute Gasteiger partial charge is 0.257 e. The predicted octanol–water partition coefficient (Wildman–Crippen LogP) is 1.88. The van der Waals surface area contributed by atoms with Crippen LogP contribution in [0.15, 0.2) is 24.3 Å². The Morgan fingerprint density at radius 3 is 2.81 bits per heavy atom. The average Bonchev–Trinajstić information content (AvgIpc) is 2.44. The highest BCUT2D eigenvalue weighted by Gasteiger charge is 2.04. The van der Waals surface area contributed by atoms with Gasteiger partial charge < -0.3 is 20.7 Å². The van der Waals surface area contributed by atoms with Crippen molar-refractivity contribution in [3.63, 3.8) is 0 Å². The minimum Gasteiger partial charge on any atom is -0.484 e. The van der Waals surface area contributed by atoms with Crippen molar-refractivity contribution in [2.75, 3.05) is 32.5 Å². The summed E-state index contributed by atoms with van der Waals surface area (Å²) in [5.74, 6) is 0.512. The lowest BCUT2D eigenvalue weighted by Gasteiger charge is -2.20. The molecule has 3 N–H and O–H groups in total. The van der Waals surface area contributed by atoms with E-state index in [1.165, 1.54) is 0 Å². The monoisotopic (exact) mass is 293 g/mol. The van der Waals surface area contributed by atoms with Crippen molar-refractivity contribution in [3.8, 4) is 5.75 Å². The number of hydrogen-bond donors (Lipinski definition) is 2. The highest BCUT2D eigenvalue weighted by molar-refractivity contribution is 5.77. The molecular weight excluding hydrogens is 266 g/mol. The lowest BCUT2D eigenvalue weighted by molar-refractivity contribution is -0.123. The van der Waals surface area contributed by atoms with E-state index in [0.717, 1.165) is 19.4 Å². The van der Waals surface area contributed by atoms with Gasteiger partial charge in [-0.1, -0.05) is 6.07 Å². The first-order valence-corrected chi connectivity index (χ1v) is 7.44. The zero-order valence-electron chi connectivity index (χ0n) is 13.3. The number of nitrogens with two attached hydrogens (primary N) is 1. The van der Waals surface area contributed by atoms with Gasteiger partial charge in [0.1, 0.15) is 5.75 Å². The number of carbonyl (C=O) groups excluding carboxylic acids is 1. The van der Waals surface area contributed by atoms with Crippen LogP contribution in [-0.4, -0.2) is 43.6 Å². The molecule has 5 heteroatoms.